The minimum Gasteiger partial charge on any atom is -0.481 e. The van der Waals surface area contributed by atoms with Crippen LogP contribution in [0.1, 0.15) is 11.1 Å². The first-order valence-electron chi connectivity index (χ1n) is 13.3. The van der Waals surface area contributed by atoms with Gasteiger partial charge in [0, 0.05) is 85.8 Å². The Labute approximate surface area is 232 Å². The van der Waals surface area contributed by atoms with Crippen LogP contribution in [0.3, 0.4) is 0 Å². The van der Waals surface area contributed by atoms with E-state index >= 15 is 0 Å². The van der Waals surface area contributed by atoms with E-state index in [1.54, 1.807) is 22.5 Å². The molecule has 10 heteroatoms. The number of ether oxygens (including phenoxy) is 1. The first-order valence-corrected chi connectivity index (χ1v) is 13.3. The zero-order chi connectivity index (χ0) is 27.4. The van der Waals surface area contributed by atoms with Crippen molar-refractivity contribution in [2.45, 2.75) is 12.6 Å². The van der Waals surface area contributed by atoms with E-state index in [2.05, 4.69) is 62.4 Å². The Kier molecular flexibility index (Phi) is 5.75. The molecule has 0 bridgehead atoms. The number of nitrogens with zero attached hydrogens (tertiary/aromatic N) is 9. The van der Waals surface area contributed by atoms with Gasteiger partial charge in [-0.15, -0.1) is 0 Å². The monoisotopic (exact) mass is 531 g/mol. The van der Waals surface area contributed by atoms with Crippen LogP contribution in [0.5, 0.6) is 5.88 Å². The Morgan fingerprint density at radius 1 is 0.975 bits per heavy atom. The van der Waals surface area contributed by atoms with Crippen LogP contribution in [0.2, 0.25) is 0 Å². The lowest BCUT2D eigenvalue weighted by Gasteiger charge is -2.25. The molecule has 0 spiro atoms. The van der Waals surface area contributed by atoms with Gasteiger partial charge in [0.1, 0.15) is 11.9 Å². The topological polar surface area (TPSA) is 100 Å². The third kappa shape index (κ3) is 4.15. The summed E-state index contributed by atoms with van der Waals surface area (Å²) in [5.41, 5.74) is 6.36. The van der Waals surface area contributed by atoms with Gasteiger partial charge >= 0.3 is 0 Å². The van der Waals surface area contributed by atoms with Crippen LogP contribution in [0.4, 0.5) is 5.82 Å². The van der Waals surface area contributed by atoms with E-state index in [1.165, 1.54) is 5.56 Å². The second-order valence-corrected chi connectivity index (χ2v) is 10.8. The van der Waals surface area contributed by atoms with Gasteiger partial charge in [-0.3, -0.25) is 9.58 Å². The van der Waals surface area contributed by atoms with Crippen LogP contribution in [-0.4, -0.2) is 67.6 Å². The van der Waals surface area contributed by atoms with Gasteiger partial charge in [0.05, 0.1) is 30.6 Å². The molecule has 3 atom stereocenters. The maximum atomic E-state index is 9.72. The molecule has 2 aliphatic rings. The van der Waals surface area contributed by atoms with Gasteiger partial charge in [0.2, 0.25) is 5.88 Å². The number of aryl methyl sites for hydroxylation is 1. The highest BCUT2D eigenvalue weighted by Gasteiger charge is 2.57. The van der Waals surface area contributed by atoms with Crippen LogP contribution in [0.25, 0.3) is 27.8 Å². The molecular formula is C30H29N9O. The van der Waals surface area contributed by atoms with Crippen molar-refractivity contribution >= 4 is 11.3 Å². The Balaban J connectivity index is 1.08. The Hall–Kier alpha value is -4.75. The van der Waals surface area contributed by atoms with Crippen molar-refractivity contribution in [1.82, 2.24) is 34.3 Å². The highest BCUT2D eigenvalue weighted by Crippen LogP contribution is 2.49. The molecule has 1 saturated heterocycles. The maximum absolute atomic E-state index is 9.72. The molecule has 40 heavy (non-hydrogen) atoms. The number of anilines is 1. The molecular weight excluding hydrogens is 502 g/mol. The Morgan fingerprint density at radius 2 is 1.82 bits per heavy atom. The van der Waals surface area contributed by atoms with Crippen LogP contribution in [0, 0.1) is 23.2 Å². The summed E-state index contributed by atoms with van der Waals surface area (Å²) >= 11 is 0. The van der Waals surface area contributed by atoms with Crippen molar-refractivity contribution in [3.8, 4) is 34.2 Å². The molecule has 0 unspecified atom stereocenters. The largest absolute Gasteiger partial charge is 0.481 e. The molecule has 5 aromatic rings. The fraction of sp³-hybridized carbons (Fsp3) is 0.300. The third-order valence-corrected chi connectivity index (χ3v) is 8.25. The molecule has 7 rings (SSSR count). The second-order valence-electron chi connectivity index (χ2n) is 10.8. The quantitative estimate of drug-likeness (QED) is 0.314. The van der Waals surface area contributed by atoms with E-state index in [-0.39, 0.29) is 0 Å². The van der Waals surface area contributed by atoms with Gasteiger partial charge in [-0.1, -0.05) is 6.07 Å². The molecule has 0 N–H and O–H groups in total. The van der Waals surface area contributed by atoms with E-state index < -0.39 is 0 Å². The summed E-state index contributed by atoms with van der Waals surface area (Å²) in [6.07, 6.45) is 11.2. The number of piperidine rings is 1. The van der Waals surface area contributed by atoms with Crippen LogP contribution in [-0.2, 0) is 13.6 Å². The van der Waals surface area contributed by atoms with Crippen LogP contribution < -0.4 is 9.64 Å². The molecule has 0 amide bonds. The van der Waals surface area contributed by atoms with Crippen molar-refractivity contribution < 1.29 is 4.74 Å². The summed E-state index contributed by atoms with van der Waals surface area (Å²) in [6.45, 7) is 2.90. The third-order valence-electron chi connectivity index (χ3n) is 8.25. The van der Waals surface area contributed by atoms with Gasteiger partial charge in [-0.2, -0.15) is 15.5 Å². The van der Waals surface area contributed by atoms with Crippen LogP contribution >= 0.6 is 0 Å². The number of rotatable bonds is 7. The van der Waals surface area contributed by atoms with Crippen molar-refractivity contribution in [2.75, 3.05) is 32.1 Å². The van der Waals surface area contributed by atoms with E-state index in [1.807, 2.05) is 44.1 Å². The summed E-state index contributed by atoms with van der Waals surface area (Å²) < 4.78 is 8.73. The van der Waals surface area contributed by atoms with E-state index in [9.17, 15) is 5.26 Å². The van der Waals surface area contributed by atoms with E-state index in [0.29, 0.717) is 29.3 Å². The molecule has 200 valence electrons. The molecule has 1 saturated carbocycles. The van der Waals surface area contributed by atoms with Gasteiger partial charge in [-0.25, -0.2) is 14.5 Å². The average molecular weight is 532 g/mol. The van der Waals surface area contributed by atoms with Gasteiger partial charge in [0.15, 0.2) is 0 Å². The molecule has 0 aromatic carbocycles. The molecule has 0 radical (unpaired) electrons. The average Bonchev–Trinajstić information content (AvgIpc) is 3.37. The second kappa shape index (κ2) is 9.47. The van der Waals surface area contributed by atoms with Gasteiger partial charge in [0.25, 0.3) is 0 Å². The summed E-state index contributed by atoms with van der Waals surface area (Å²) in [7, 11) is 5.74. The molecule has 1 aliphatic heterocycles. The van der Waals surface area contributed by atoms with Gasteiger partial charge < -0.3 is 9.64 Å². The van der Waals surface area contributed by atoms with Crippen molar-refractivity contribution in [1.29, 1.82) is 5.26 Å². The zero-order valence-corrected chi connectivity index (χ0v) is 22.6. The van der Waals surface area contributed by atoms with Crippen molar-refractivity contribution in [3.63, 3.8) is 0 Å². The number of fused-ring (bicyclic) bond motifs is 2. The van der Waals surface area contributed by atoms with Gasteiger partial charge in [-0.05, 0) is 42.6 Å². The number of hydrogen-bond donors (Lipinski definition) is 0. The van der Waals surface area contributed by atoms with Crippen LogP contribution in [0.15, 0.2) is 67.5 Å². The lowest BCUT2D eigenvalue weighted by atomic mass is 10.0. The standard InChI is InChI=1S/C30H29N9O/c1-36(14-19-4-7-28(40-3)33-10-19)30-25-17-38(18-26(25)30)27-6-5-20(11-32-27)24-8-21(23-13-34-37(2)15-23)16-39-29(24)22(9-31)12-35-39/h4-8,10-13,15-16,25-26,30H,14,17-18H2,1-3H3/t25-,26+,30+. The number of pyridine rings is 3. The minimum atomic E-state index is 0.539. The molecule has 1 aliphatic carbocycles. The molecule has 6 heterocycles. The number of aromatic nitrogens is 6. The lowest BCUT2D eigenvalue weighted by molar-refractivity contribution is 0.285. The Bertz CT molecular complexity index is 1720. The number of hydrogen-bond acceptors (Lipinski definition) is 8. The SMILES string of the molecule is COc1ccc(CN(C)[C@H]2[C@@H]3CN(c4ccc(-c5cc(-c6cnn(C)c6)cn6ncc(C#N)c56)cn4)C[C@@H]32)cn1. The van der Waals surface area contributed by atoms with Crippen molar-refractivity contribution in [2.24, 2.45) is 18.9 Å². The highest BCUT2D eigenvalue weighted by molar-refractivity contribution is 5.87. The normalized spacial score (nSPS) is 19.7. The number of methoxy groups -OCH3 is 1. The zero-order valence-electron chi connectivity index (χ0n) is 22.6. The maximum Gasteiger partial charge on any atom is 0.212 e. The predicted octanol–water partition coefficient (Wildman–Crippen LogP) is 3.64. The first kappa shape index (κ1) is 24.3. The summed E-state index contributed by atoms with van der Waals surface area (Å²) in [5.74, 6) is 2.94. The highest BCUT2D eigenvalue weighted by atomic mass is 16.5. The lowest BCUT2D eigenvalue weighted by Crippen LogP contribution is -2.32. The molecule has 2 fully saturated rings. The summed E-state index contributed by atoms with van der Waals surface area (Å²) in [6, 6.07) is 13.2. The number of nitriles is 1. The predicted molar refractivity (Wildman–Crippen MR) is 151 cm³/mol. The fourth-order valence-electron chi connectivity index (χ4n) is 6.24. The fourth-order valence-corrected chi connectivity index (χ4v) is 6.24. The summed E-state index contributed by atoms with van der Waals surface area (Å²) in [5, 5.41) is 18.5. The van der Waals surface area contributed by atoms with E-state index in [0.717, 1.165) is 53.2 Å². The molecule has 5 aromatic heterocycles. The first-order chi connectivity index (χ1) is 19.5. The summed E-state index contributed by atoms with van der Waals surface area (Å²) in [4.78, 5) is 14.0. The van der Waals surface area contributed by atoms with E-state index in [4.69, 9.17) is 9.72 Å². The minimum absolute atomic E-state index is 0.539. The van der Waals surface area contributed by atoms with Crippen molar-refractivity contribution in [3.05, 3.63) is 78.6 Å². The Morgan fingerprint density at radius 3 is 2.48 bits per heavy atom. The smallest absolute Gasteiger partial charge is 0.212 e. The molecule has 10 nitrogen and oxygen atoms in total.